The van der Waals surface area contributed by atoms with E-state index in [2.05, 4.69) is 46.0 Å². The molecule has 0 saturated heterocycles. The maximum Gasteiger partial charge on any atom is 0.0932 e. The normalized spacial score (nSPS) is 10.6. The highest BCUT2D eigenvalue weighted by molar-refractivity contribution is 7.09. The summed E-state index contributed by atoms with van der Waals surface area (Å²) in [5.74, 6) is 0. The van der Waals surface area contributed by atoms with Gasteiger partial charge in [-0.15, -0.1) is 11.3 Å². The zero-order valence-electron chi connectivity index (χ0n) is 9.44. The van der Waals surface area contributed by atoms with Gasteiger partial charge in [-0.3, -0.25) is 0 Å². The van der Waals surface area contributed by atoms with Crippen LogP contribution in [0.5, 0.6) is 0 Å². The third kappa shape index (κ3) is 3.15. The first-order valence-electron chi connectivity index (χ1n) is 5.50. The molecular weight excluding hydrogens is 216 g/mol. The molecule has 0 fully saturated rings. The molecule has 0 bridgehead atoms. The van der Waals surface area contributed by atoms with E-state index in [0.717, 1.165) is 25.1 Å². The Morgan fingerprint density at radius 2 is 2.00 bits per heavy atom. The van der Waals surface area contributed by atoms with Crippen LogP contribution in [0, 0.1) is 0 Å². The third-order valence-electron chi connectivity index (χ3n) is 2.43. The number of hydrogen-bond acceptors (Lipinski definition) is 3. The van der Waals surface area contributed by atoms with Gasteiger partial charge < -0.3 is 5.32 Å². The fourth-order valence-electron chi connectivity index (χ4n) is 1.62. The van der Waals surface area contributed by atoms with Crippen LogP contribution in [0.15, 0.2) is 35.7 Å². The standard InChI is InChI=1S/C13H16N2S/c1-14-9-12-10-16-13(15-12)8-7-11-5-3-2-4-6-11/h2-6,10,14H,7-9H2,1H3. The number of aromatic nitrogens is 1. The van der Waals surface area contributed by atoms with E-state index in [1.54, 1.807) is 11.3 Å². The number of thiazole rings is 1. The molecule has 2 rings (SSSR count). The van der Waals surface area contributed by atoms with E-state index in [4.69, 9.17) is 0 Å². The summed E-state index contributed by atoms with van der Waals surface area (Å²) in [6.07, 6.45) is 2.12. The Morgan fingerprint density at radius 1 is 1.19 bits per heavy atom. The Labute approximate surface area is 100 Å². The lowest BCUT2D eigenvalue weighted by molar-refractivity contribution is 0.789. The first kappa shape index (κ1) is 11.3. The zero-order chi connectivity index (χ0) is 11.2. The van der Waals surface area contributed by atoms with Crippen molar-refractivity contribution in [1.29, 1.82) is 0 Å². The lowest BCUT2D eigenvalue weighted by atomic mass is 10.1. The van der Waals surface area contributed by atoms with Gasteiger partial charge in [-0.05, 0) is 19.0 Å². The fraction of sp³-hybridized carbons (Fsp3) is 0.308. The monoisotopic (exact) mass is 232 g/mol. The number of rotatable bonds is 5. The minimum absolute atomic E-state index is 0.863. The molecule has 2 nitrogen and oxygen atoms in total. The van der Waals surface area contributed by atoms with Crippen LogP contribution in [0.1, 0.15) is 16.3 Å². The number of benzene rings is 1. The first-order valence-corrected chi connectivity index (χ1v) is 6.38. The Hall–Kier alpha value is -1.19. The molecule has 0 aliphatic carbocycles. The van der Waals surface area contributed by atoms with Crippen LogP contribution in [0.25, 0.3) is 0 Å². The van der Waals surface area contributed by atoms with E-state index in [9.17, 15) is 0 Å². The molecule has 0 aliphatic rings. The molecule has 1 aromatic carbocycles. The highest BCUT2D eigenvalue weighted by Crippen LogP contribution is 2.12. The topological polar surface area (TPSA) is 24.9 Å². The Bertz CT molecular complexity index is 423. The highest BCUT2D eigenvalue weighted by atomic mass is 32.1. The second-order valence-corrected chi connectivity index (χ2v) is 4.69. The van der Waals surface area contributed by atoms with Crippen LogP contribution < -0.4 is 5.32 Å². The Balaban J connectivity index is 1.89. The average Bonchev–Trinajstić information content (AvgIpc) is 2.76. The molecule has 16 heavy (non-hydrogen) atoms. The summed E-state index contributed by atoms with van der Waals surface area (Å²) in [6, 6.07) is 10.6. The van der Waals surface area contributed by atoms with E-state index >= 15 is 0 Å². The molecular formula is C13H16N2S. The van der Waals surface area contributed by atoms with Crippen molar-refractivity contribution < 1.29 is 0 Å². The van der Waals surface area contributed by atoms with Crippen LogP contribution in [-0.2, 0) is 19.4 Å². The van der Waals surface area contributed by atoms with E-state index in [0.29, 0.717) is 0 Å². The maximum absolute atomic E-state index is 4.57. The number of nitrogens with zero attached hydrogens (tertiary/aromatic N) is 1. The molecule has 1 N–H and O–H groups in total. The van der Waals surface area contributed by atoms with E-state index in [1.165, 1.54) is 10.6 Å². The molecule has 0 atom stereocenters. The minimum atomic E-state index is 0.863. The lowest BCUT2D eigenvalue weighted by Crippen LogP contribution is -2.05. The van der Waals surface area contributed by atoms with Gasteiger partial charge in [0.15, 0.2) is 0 Å². The lowest BCUT2D eigenvalue weighted by Gasteiger charge is -1.98. The van der Waals surface area contributed by atoms with Gasteiger partial charge in [0.1, 0.15) is 0 Å². The number of hydrogen-bond donors (Lipinski definition) is 1. The average molecular weight is 232 g/mol. The summed E-state index contributed by atoms with van der Waals surface area (Å²) in [6.45, 7) is 0.863. The summed E-state index contributed by atoms with van der Waals surface area (Å²) >= 11 is 1.76. The Morgan fingerprint density at radius 3 is 2.75 bits per heavy atom. The summed E-state index contributed by atoms with van der Waals surface area (Å²) in [4.78, 5) is 4.57. The number of nitrogens with one attached hydrogen (secondary N) is 1. The van der Waals surface area contributed by atoms with Crippen molar-refractivity contribution in [2.45, 2.75) is 19.4 Å². The largest absolute Gasteiger partial charge is 0.314 e. The highest BCUT2D eigenvalue weighted by Gasteiger charge is 2.01. The second-order valence-electron chi connectivity index (χ2n) is 3.75. The maximum atomic E-state index is 4.57. The van der Waals surface area contributed by atoms with Gasteiger partial charge in [0.25, 0.3) is 0 Å². The smallest absolute Gasteiger partial charge is 0.0932 e. The van der Waals surface area contributed by atoms with Gasteiger partial charge >= 0.3 is 0 Å². The summed E-state index contributed by atoms with van der Waals surface area (Å²) in [5.41, 5.74) is 2.53. The second kappa shape index (κ2) is 5.77. The molecule has 0 spiro atoms. The third-order valence-corrected chi connectivity index (χ3v) is 3.38. The van der Waals surface area contributed by atoms with Gasteiger partial charge in [0.05, 0.1) is 10.7 Å². The molecule has 1 aromatic heterocycles. The van der Waals surface area contributed by atoms with Crippen molar-refractivity contribution in [3.05, 3.63) is 52.0 Å². The van der Waals surface area contributed by atoms with Gasteiger partial charge in [-0.1, -0.05) is 30.3 Å². The van der Waals surface area contributed by atoms with Gasteiger partial charge in [-0.25, -0.2) is 4.98 Å². The molecule has 0 radical (unpaired) electrons. The molecule has 0 saturated carbocycles. The quantitative estimate of drug-likeness (QED) is 0.857. The SMILES string of the molecule is CNCc1csc(CCc2ccccc2)n1. The number of aryl methyl sites for hydroxylation is 2. The minimum Gasteiger partial charge on any atom is -0.314 e. The first-order chi connectivity index (χ1) is 7.88. The molecule has 84 valence electrons. The predicted octanol–water partition coefficient (Wildman–Crippen LogP) is 2.65. The Kier molecular flexibility index (Phi) is 4.08. The predicted molar refractivity (Wildman–Crippen MR) is 68.7 cm³/mol. The van der Waals surface area contributed by atoms with Crippen molar-refractivity contribution in [2.75, 3.05) is 7.05 Å². The molecule has 3 heteroatoms. The van der Waals surface area contributed by atoms with E-state index in [1.807, 2.05) is 7.05 Å². The van der Waals surface area contributed by atoms with Gasteiger partial charge in [0.2, 0.25) is 0 Å². The molecule has 0 unspecified atom stereocenters. The van der Waals surface area contributed by atoms with E-state index in [-0.39, 0.29) is 0 Å². The van der Waals surface area contributed by atoms with Crippen LogP contribution in [0.2, 0.25) is 0 Å². The van der Waals surface area contributed by atoms with Gasteiger partial charge in [0, 0.05) is 18.3 Å². The summed E-state index contributed by atoms with van der Waals surface area (Å²) < 4.78 is 0. The van der Waals surface area contributed by atoms with Crippen molar-refractivity contribution in [1.82, 2.24) is 10.3 Å². The van der Waals surface area contributed by atoms with Crippen molar-refractivity contribution >= 4 is 11.3 Å². The van der Waals surface area contributed by atoms with Crippen LogP contribution in [0.3, 0.4) is 0 Å². The summed E-state index contributed by atoms with van der Waals surface area (Å²) in [7, 11) is 1.95. The molecule has 0 amide bonds. The summed E-state index contributed by atoms with van der Waals surface area (Å²) in [5, 5.41) is 6.48. The van der Waals surface area contributed by atoms with Crippen molar-refractivity contribution in [3.8, 4) is 0 Å². The van der Waals surface area contributed by atoms with Crippen LogP contribution in [-0.4, -0.2) is 12.0 Å². The van der Waals surface area contributed by atoms with Crippen molar-refractivity contribution in [2.24, 2.45) is 0 Å². The van der Waals surface area contributed by atoms with Crippen LogP contribution >= 0.6 is 11.3 Å². The van der Waals surface area contributed by atoms with E-state index < -0.39 is 0 Å². The molecule has 2 aromatic rings. The molecule has 0 aliphatic heterocycles. The van der Waals surface area contributed by atoms with Crippen LogP contribution in [0.4, 0.5) is 0 Å². The molecule has 1 heterocycles. The van der Waals surface area contributed by atoms with Crippen molar-refractivity contribution in [3.63, 3.8) is 0 Å². The zero-order valence-corrected chi connectivity index (χ0v) is 10.3. The fourth-order valence-corrected chi connectivity index (χ4v) is 2.42. The van der Waals surface area contributed by atoms with Gasteiger partial charge in [-0.2, -0.15) is 0 Å².